The van der Waals surface area contributed by atoms with E-state index in [-0.39, 0.29) is 17.5 Å². The molecule has 0 atom stereocenters. The molecular formula is C14H15F4N3O3. The molecule has 0 bridgehead atoms. The molecule has 6 nitrogen and oxygen atoms in total. The van der Waals surface area contributed by atoms with Crippen LogP contribution in [0.1, 0.15) is 18.9 Å². The van der Waals surface area contributed by atoms with Gasteiger partial charge >= 0.3 is 17.8 Å². The molecule has 24 heavy (non-hydrogen) atoms. The van der Waals surface area contributed by atoms with Crippen molar-refractivity contribution in [3.05, 3.63) is 34.5 Å². The molecule has 2 aromatic rings. The summed E-state index contributed by atoms with van der Waals surface area (Å²) in [5.41, 5.74) is 1.23. The number of nitrogens with one attached hydrogen (secondary N) is 2. The predicted octanol–water partition coefficient (Wildman–Crippen LogP) is 2.03. The molecule has 0 radical (unpaired) electrons. The number of carboxylic acid groups (broad SMARTS) is 1. The van der Waals surface area contributed by atoms with Gasteiger partial charge in [0.1, 0.15) is 5.82 Å². The van der Waals surface area contributed by atoms with Crippen molar-refractivity contribution < 1.29 is 27.5 Å². The number of benzene rings is 1. The van der Waals surface area contributed by atoms with Gasteiger partial charge in [0.2, 0.25) is 0 Å². The molecule has 1 saturated heterocycles. The molecule has 1 aromatic heterocycles. The van der Waals surface area contributed by atoms with Gasteiger partial charge in [-0.25, -0.2) is 14.0 Å². The maximum absolute atomic E-state index is 13.1. The average molecular weight is 349 g/mol. The maximum atomic E-state index is 13.1. The molecule has 3 rings (SSSR count). The molecule has 1 fully saturated rings. The smallest absolute Gasteiger partial charge is 0.475 e. The quantitative estimate of drug-likeness (QED) is 0.688. The molecule has 3 N–H and O–H groups in total. The molecule has 10 heteroatoms. The first-order valence-corrected chi connectivity index (χ1v) is 7.10. The number of piperidine rings is 1. The van der Waals surface area contributed by atoms with Gasteiger partial charge in [-0.1, -0.05) is 0 Å². The Hall–Kier alpha value is -2.36. The highest BCUT2D eigenvalue weighted by Gasteiger charge is 2.38. The molecule has 1 aliphatic rings. The van der Waals surface area contributed by atoms with Gasteiger partial charge in [0.15, 0.2) is 0 Å². The van der Waals surface area contributed by atoms with E-state index in [1.165, 1.54) is 12.1 Å². The Morgan fingerprint density at radius 1 is 1.25 bits per heavy atom. The van der Waals surface area contributed by atoms with E-state index in [9.17, 15) is 22.4 Å². The van der Waals surface area contributed by atoms with E-state index in [1.54, 1.807) is 10.6 Å². The number of halogens is 4. The maximum Gasteiger partial charge on any atom is 0.490 e. The minimum absolute atomic E-state index is 0.141. The van der Waals surface area contributed by atoms with E-state index >= 15 is 0 Å². The molecule has 132 valence electrons. The lowest BCUT2D eigenvalue weighted by atomic mass is 10.1. The second-order valence-electron chi connectivity index (χ2n) is 5.25. The normalized spacial score (nSPS) is 15.8. The number of H-pyrrole nitrogens is 1. The van der Waals surface area contributed by atoms with Crippen molar-refractivity contribution in [3.8, 4) is 0 Å². The summed E-state index contributed by atoms with van der Waals surface area (Å²) in [5.74, 6) is -3.08. The van der Waals surface area contributed by atoms with Crippen molar-refractivity contribution >= 4 is 17.0 Å². The predicted molar refractivity (Wildman–Crippen MR) is 77.3 cm³/mol. The van der Waals surface area contributed by atoms with Crippen molar-refractivity contribution in [1.29, 1.82) is 0 Å². The van der Waals surface area contributed by atoms with Crippen LogP contribution in [-0.4, -0.2) is 39.9 Å². The van der Waals surface area contributed by atoms with E-state index in [0.717, 1.165) is 31.4 Å². The van der Waals surface area contributed by atoms with Gasteiger partial charge in [0.05, 0.1) is 11.0 Å². The SMILES string of the molecule is O=C(O)C(F)(F)F.O=c1[nH]c2cc(F)ccc2n1C1CCNCC1. The Morgan fingerprint density at radius 3 is 2.38 bits per heavy atom. The Morgan fingerprint density at radius 2 is 1.83 bits per heavy atom. The standard InChI is InChI=1S/C12H14FN3O.C2HF3O2/c13-8-1-2-11-10(7-8)15-12(17)16(11)9-3-5-14-6-4-9;3-2(4,5)1(6)7/h1-2,7,9,14H,3-6H2,(H,15,17);(H,6,7). The highest BCUT2D eigenvalue weighted by Crippen LogP contribution is 2.22. The topological polar surface area (TPSA) is 87.1 Å². The van der Waals surface area contributed by atoms with Gasteiger partial charge in [0, 0.05) is 6.04 Å². The molecule has 0 unspecified atom stereocenters. The molecule has 1 aliphatic heterocycles. The second kappa shape index (κ2) is 7.04. The molecule has 1 aromatic carbocycles. The molecule has 0 amide bonds. The number of carbonyl (C=O) groups is 1. The minimum Gasteiger partial charge on any atom is -0.475 e. The lowest BCUT2D eigenvalue weighted by Crippen LogP contribution is -2.33. The Kier molecular flexibility index (Phi) is 5.27. The number of hydrogen-bond acceptors (Lipinski definition) is 3. The fourth-order valence-electron chi connectivity index (χ4n) is 2.53. The van der Waals surface area contributed by atoms with Crippen molar-refractivity contribution in [2.75, 3.05) is 13.1 Å². The lowest BCUT2D eigenvalue weighted by molar-refractivity contribution is -0.192. The van der Waals surface area contributed by atoms with E-state index < -0.39 is 12.1 Å². The van der Waals surface area contributed by atoms with Crippen molar-refractivity contribution in [2.45, 2.75) is 25.1 Å². The van der Waals surface area contributed by atoms with E-state index in [1.807, 2.05) is 0 Å². The van der Waals surface area contributed by atoms with Crippen LogP contribution in [0.5, 0.6) is 0 Å². The first-order chi connectivity index (χ1) is 11.2. The molecule has 0 spiro atoms. The van der Waals surface area contributed by atoms with E-state index in [0.29, 0.717) is 5.52 Å². The van der Waals surface area contributed by atoms with Crippen LogP contribution in [0.2, 0.25) is 0 Å². The zero-order chi connectivity index (χ0) is 17.9. The number of rotatable bonds is 1. The van der Waals surface area contributed by atoms with Gasteiger partial charge < -0.3 is 15.4 Å². The number of carboxylic acids is 1. The highest BCUT2D eigenvalue weighted by molar-refractivity contribution is 5.75. The van der Waals surface area contributed by atoms with Gasteiger partial charge in [0.25, 0.3) is 0 Å². The zero-order valence-electron chi connectivity index (χ0n) is 12.4. The van der Waals surface area contributed by atoms with Crippen molar-refractivity contribution in [2.24, 2.45) is 0 Å². The Balaban J connectivity index is 0.000000256. The summed E-state index contributed by atoms with van der Waals surface area (Å²) in [4.78, 5) is 23.5. The summed E-state index contributed by atoms with van der Waals surface area (Å²) >= 11 is 0. The van der Waals surface area contributed by atoms with Crippen molar-refractivity contribution in [1.82, 2.24) is 14.9 Å². The van der Waals surface area contributed by atoms with Gasteiger partial charge in [-0.2, -0.15) is 13.2 Å². The van der Waals surface area contributed by atoms with Gasteiger partial charge in [-0.15, -0.1) is 0 Å². The minimum atomic E-state index is -5.08. The number of hydrogen-bond donors (Lipinski definition) is 3. The summed E-state index contributed by atoms with van der Waals surface area (Å²) in [6, 6.07) is 4.65. The van der Waals surface area contributed by atoms with E-state index in [2.05, 4.69) is 10.3 Å². The van der Waals surface area contributed by atoms with Crippen LogP contribution in [0.3, 0.4) is 0 Å². The van der Waals surface area contributed by atoms with Crippen LogP contribution in [0.25, 0.3) is 11.0 Å². The summed E-state index contributed by atoms with van der Waals surface area (Å²) in [6.07, 6.45) is -3.21. The van der Waals surface area contributed by atoms with Gasteiger partial charge in [-0.05, 0) is 44.1 Å². The summed E-state index contributed by atoms with van der Waals surface area (Å²) < 4.78 is 46.6. The van der Waals surface area contributed by atoms with Crippen LogP contribution < -0.4 is 11.0 Å². The number of imidazole rings is 1. The summed E-state index contributed by atoms with van der Waals surface area (Å²) in [7, 11) is 0. The number of alkyl halides is 3. The van der Waals surface area contributed by atoms with Gasteiger partial charge in [-0.3, -0.25) is 4.57 Å². The number of nitrogens with zero attached hydrogens (tertiary/aromatic N) is 1. The number of fused-ring (bicyclic) bond motifs is 1. The third-order valence-electron chi connectivity index (χ3n) is 3.59. The monoisotopic (exact) mass is 349 g/mol. The van der Waals surface area contributed by atoms with Crippen LogP contribution in [-0.2, 0) is 4.79 Å². The third kappa shape index (κ3) is 4.13. The molecular weight excluding hydrogens is 334 g/mol. The van der Waals surface area contributed by atoms with Crippen LogP contribution in [0, 0.1) is 5.82 Å². The summed E-state index contributed by atoms with van der Waals surface area (Å²) in [5, 5.41) is 10.4. The van der Waals surface area contributed by atoms with Crippen LogP contribution in [0.4, 0.5) is 17.6 Å². The van der Waals surface area contributed by atoms with Crippen LogP contribution in [0.15, 0.2) is 23.0 Å². The van der Waals surface area contributed by atoms with Crippen molar-refractivity contribution in [3.63, 3.8) is 0 Å². The zero-order valence-corrected chi connectivity index (χ0v) is 12.4. The molecule has 0 aliphatic carbocycles. The first kappa shape index (κ1) is 18.0. The average Bonchev–Trinajstić information content (AvgIpc) is 2.82. The molecule has 0 saturated carbocycles. The highest BCUT2D eigenvalue weighted by atomic mass is 19.4. The number of aliphatic carboxylic acids is 1. The van der Waals surface area contributed by atoms with E-state index in [4.69, 9.17) is 9.90 Å². The lowest BCUT2D eigenvalue weighted by Gasteiger charge is -2.23. The Bertz CT molecular complexity index is 776. The fourth-order valence-corrected chi connectivity index (χ4v) is 2.53. The van der Waals surface area contributed by atoms with Crippen LogP contribution >= 0.6 is 0 Å². The third-order valence-corrected chi connectivity index (χ3v) is 3.59. The largest absolute Gasteiger partial charge is 0.490 e. The second-order valence-corrected chi connectivity index (χ2v) is 5.25. The first-order valence-electron chi connectivity index (χ1n) is 7.10. The number of aromatic amines is 1. The molecule has 2 heterocycles. The number of aromatic nitrogens is 2. The summed E-state index contributed by atoms with van der Waals surface area (Å²) in [6.45, 7) is 1.84. The Labute approximate surface area is 133 Å². The fraction of sp³-hybridized carbons (Fsp3) is 0.429.